The van der Waals surface area contributed by atoms with Crippen molar-refractivity contribution in [3.63, 3.8) is 0 Å². The zero-order valence-electron chi connectivity index (χ0n) is 17.2. The molecule has 0 saturated carbocycles. The van der Waals surface area contributed by atoms with Gasteiger partial charge in [0.15, 0.2) is 0 Å². The van der Waals surface area contributed by atoms with Crippen LogP contribution in [0.5, 0.6) is 11.5 Å². The van der Waals surface area contributed by atoms with Crippen molar-refractivity contribution in [2.24, 2.45) is 0 Å². The van der Waals surface area contributed by atoms with E-state index in [0.717, 1.165) is 11.1 Å². The summed E-state index contributed by atoms with van der Waals surface area (Å²) in [5, 5.41) is 38.7. The monoisotopic (exact) mass is 440 g/mol. The van der Waals surface area contributed by atoms with E-state index in [2.05, 4.69) is 0 Å². The van der Waals surface area contributed by atoms with Crippen molar-refractivity contribution in [2.45, 2.75) is 26.9 Å². The summed E-state index contributed by atoms with van der Waals surface area (Å²) in [6.45, 7) is 4.26. The van der Waals surface area contributed by atoms with Crippen LogP contribution in [-0.2, 0) is 22.7 Å². The number of aliphatic carboxylic acids is 2. The predicted molar refractivity (Wildman–Crippen MR) is 119 cm³/mol. The summed E-state index contributed by atoms with van der Waals surface area (Å²) in [6.07, 6.45) is 0. The van der Waals surface area contributed by atoms with Crippen molar-refractivity contribution in [3.8, 4) is 11.5 Å². The average molecular weight is 440 g/mol. The third-order valence-corrected chi connectivity index (χ3v) is 4.71. The number of nitrogens with zero attached hydrogens (tertiary/aromatic N) is 2. The van der Waals surface area contributed by atoms with Crippen LogP contribution in [0.1, 0.15) is 22.3 Å². The number of hydrogen-bond acceptors (Lipinski definition) is 6. The van der Waals surface area contributed by atoms with Crippen molar-refractivity contribution in [1.82, 2.24) is 9.80 Å². The Balaban J connectivity index is 0.00000480. The molecule has 0 unspecified atom stereocenters. The minimum atomic E-state index is -1.01. The van der Waals surface area contributed by atoms with E-state index in [1.807, 2.05) is 13.8 Å². The Morgan fingerprint density at radius 1 is 0.742 bits per heavy atom. The van der Waals surface area contributed by atoms with E-state index in [0.29, 0.717) is 11.1 Å². The van der Waals surface area contributed by atoms with Gasteiger partial charge < -0.3 is 20.4 Å². The molecule has 2 aromatic rings. The molecule has 0 bridgehead atoms. The molecule has 0 aliphatic rings. The van der Waals surface area contributed by atoms with Crippen LogP contribution in [0.15, 0.2) is 36.4 Å². The van der Waals surface area contributed by atoms with Crippen LogP contribution in [0, 0.1) is 13.8 Å². The third kappa shape index (κ3) is 9.28. The molecule has 2 aromatic carbocycles. The van der Waals surface area contributed by atoms with E-state index in [1.54, 1.807) is 46.2 Å². The molecule has 0 aliphatic carbocycles. The van der Waals surface area contributed by atoms with Crippen LogP contribution in [-0.4, -0.2) is 97.9 Å². The van der Waals surface area contributed by atoms with E-state index >= 15 is 0 Å². The van der Waals surface area contributed by atoms with Crippen molar-refractivity contribution in [1.29, 1.82) is 0 Å². The fraction of sp³-hybridized carbons (Fsp3) is 0.364. The average Bonchev–Trinajstić information content (AvgIpc) is 2.64. The number of benzene rings is 2. The summed E-state index contributed by atoms with van der Waals surface area (Å²) >= 11 is 0. The molecule has 0 fully saturated rings. The van der Waals surface area contributed by atoms with Crippen molar-refractivity contribution < 1.29 is 30.0 Å². The summed E-state index contributed by atoms with van der Waals surface area (Å²) in [4.78, 5) is 25.9. The van der Waals surface area contributed by atoms with Gasteiger partial charge in [-0.05, 0) is 26.0 Å². The number of carboxylic acid groups (broad SMARTS) is 2. The van der Waals surface area contributed by atoms with E-state index in [9.17, 15) is 30.0 Å². The number of aryl methyl sites for hydroxylation is 2. The zero-order chi connectivity index (χ0) is 22.3. The number of phenols is 2. The van der Waals surface area contributed by atoms with Crippen molar-refractivity contribution in [3.05, 3.63) is 58.7 Å². The van der Waals surface area contributed by atoms with Crippen LogP contribution in [0.4, 0.5) is 0 Å². The first kappa shape index (κ1) is 26.9. The maximum absolute atomic E-state index is 11.3. The molecule has 164 valence electrons. The molecular weight excluding hydrogens is 411 g/mol. The second-order valence-electron chi connectivity index (χ2n) is 7.47. The van der Waals surface area contributed by atoms with Crippen LogP contribution in [0.25, 0.3) is 0 Å². The first-order valence-electron chi connectivity index (χ1n) is 9.59. The van der Waals surface area contributed by atoms with Crippen LogP contribution < -0.4 is 0 Å². The van der Waals surface area contributed by atoms with Gasteiger partial charge in [-0.25, -0.2) is 0 Å². The second kappa shape index (κ2) is 12.7. The number of carbonyl (C=O) groups is 2. The topological polar surface area (TPSA) is 122 Å². The number of carboxylic acids is 2. The predicted octanol–water partition coefficient (Wildman–Crippen LogP) is 1.54. The zero-order valence-corrected chi connectivity index (χ0v) is 17.2. The molecular formula is C22H29N2NaO6. The molecule has 4 N–H and O–H groups in total. The standard InChI is InChI=1S/C22H28N2O6.Na.H/c1-15-3-5-19(25)17(9-15)11-23(13-21(27)28)7-8-24(14-22(29)30)12-18-10-16(2)4-6-20(18)26;;/h3-6,9-10,25-26H,7-8,11-14H2,1-2H3,(H,27,28)(H,29,30);;. The maximum atomic E-state index is 11.3. The molecule has 31 heavy (non-hydrogen) atoms. The summed E-state index contributed by atoms with van der Waals surface area (Å²) in [6, 6.07) is 10.3. The molecule has 0 atom stereocenters. The normalized spacial score (nSPS) is 10.8. The van der Waals surface area contributed by atoms with E-state index in [1.165, 1.54) is 0 Å². The van der Waals surface area contributed by atoms with Gasteiger partial charge >= 0.3 is 41.5 Å². The molecule has 2 rings (SSSR count). The molecule has 0 heterocycles. The fourth-order valence-corrected chi connectivity index (χ4v) is 3.26. The Kier molecular flexibility index (Phi) is 11.0. The summed E-state index contributed by atoms with van der Waals surface area (Å²) in [7, 11) is 0. The molecule has 0 amide bonds. The number of hydrogen-bond donors (Lipinski definition) is 4. The quantitative estimate of drug-likeness (QED) is 0.388. The van der Waals surface area contributed by atoms with Crippen LogP contribution in [0.2, 0.25) is 0 Å². The van der Waals surface area contributed by atoms with Gasteiger partial charge in [-0.15, -0.1) is 0 Å². The van der Waals surface area contributed by atoms with Crippen molar-refractivity contribution in [2.75, 3.05) is 26.2 Å². The van der Waals surface area contributed by atoms with Crippen LogP contribution >= 0.6 is 0 Å². The Bertz CT molecular complexity index is 832. The van der Waals surface area contributed by atoms with Crippen LogP contribution in [0.3, 0.4) is 0 Å². The molecule has 9 heteroatoms. The van der Waals surface area contributed by atoms with E-state index < -0.39 is 11.9 Å². The third-order valence-electron chi connectivity index (χ3n) is 4.71. The first-order chi connectivity index (χ1) is 14.1. The number of aromatic hydroxyl groups is 2. The van der Waals surface area contributed by atoms with Crippen molar-refractivity contribution >= 4 is 41.5 Å². The molecule has 0 radical (unpaired) electrons. The van der Waals surface area contributed by atoms with Gasteiger partial charge in [0.2, 0.25) is 0 Å². The summed E-state index contributed by atoms with van der Waals surface area (Å²) < 4.78 is 0. The minimum absolute atomic E-state index is 0. The van der Waals surface area contributed by atoms with Gasteiger partial charge in [0.25, 0.3) is 0 Å². The summed E-state index contributed by atoms with van der Waals surface area (Å²) in [5.74, 6) is -1.85. The molecule has 0 aromatic heterocycles. The van der Waals surface area contributed by atoms with Gasteiger partial charge in [0.1, 0.15) is 11.5 Å². The van der Waals surface area contributed by atoms with Gasteiger partial charge in [0.05, 0.1) is 13.1 Å². The first-order valence-corrected chi connectivity index (χ1v) is 9.59. The fourth-order valence-electron chi connectivity index (χ4n) is 3.26. The second-order valence-corrected chi connectivity index (χ2v) is 7.47. The van der Waals surface area contributed by atoms with Gasteiger partial charge in [-0.3, -0.25) is 19.4 Å². The van der Waals surface area contributed by atoms with Gasteiger partial charge in [-0.2, -0.15) is 0 Å². The Hall–Kier alpha value is -2.10. The number of phenolic OH excluding ortho intramolecular Hbond substituents is 2. The van der Waals surface area contributed by atoms with E-state index in [4.69, 9.17) is 0 Å². The Morgan fingerprint density at radius 2 is 1.10 bits per heavy atom. The van der Waals surface area contributed by atoms with E-state index in [-0.39, 0.29) is 80.3 Å². The number of rotatable bonds is 11. The van der Waals surface area contributed by atoms with Gasteiger partial charge in [-0.1, -0.05) is 35.4 Å². The summed E-state index contributed by atoms with van der Waals surface area (Å²) in [5.41, 5.74) is 3.11. The SMILES string of the molecule is Cc1ccc(O)c(CN(CCN(CC(=O)O)Cc2cc(C)ccc2O)CC(=O)O)c1.[NaH]. The molecule has 0 aliphatic heterocycles. The molecule has 8 nitrogen and oxygen atoms in total. The van der Waals surface area contributed by atoms with Gasteiger partial charge in [0, 0.05) is 37.3 Å². The molecule has 0 spiro atoms. The molecule has 0 saturated heterocycles. The Labute approximate surface area is 204 Å². The Morgan fingerprint density at radius 3 is 1.42 bits per heavy atom.